The molecule has 0 spiro atoms. The summed E-state index contributed by atoms with van der Waals surface area (Å²) in [5.74, 6) is 2.46. The molecule has 0 atom stereocenters. The van der Waals surface area contributed by atoms with E-state index in [0.717, 1.165) is 84.1 Å². The van der Waals surface area contributed by atoms with Crippen molar-refractivity contribution in [2.24, 2.45) is 35.2 Å². The van der Waals surface area contributed by atoms with Crippen molar-refractivity contribution in [2.45, 2.75) is 158 Å². The van der Waals surface area contributed by atoms with Crippen LogP contribution in [0, 0.1) is 138 Å². The number of hydrogen-bond donors (Lipinski definition) is 1. The molecule has 450 valence electrons. The number of aryl methyl sites for hydroxylation is 16. The molecule has 0 unspecified atom stereocenters. The van der Waals surface area contributed by atoms with Crippen molar-refractivity contribution >= 4 is 35.6 Å². The Labute approximate surface area is 496 Å². The molecule has 81 heavy (non-hydrogen) atoms. The van der Waals surface area contributed by atoms with Gasteiger partial charge in [-0.3, -0.25) is 23.3 Å². The van der Waals surface area contributed by atoms with Gasteiger partial charge in [0.15, 0.2) is 7.05 Å². The Hall–Kier alpha value is -6.64. The van der Waals surface area contributed by atoms with E-state index in [1.807, 2.05) is 162 Å². The lowest BCUT2D eigenvalue weighted by Crippen LogP contribution is -2.32. The minimum absolute atomic E-state index is 0. The summed E-state index contributed by atoms with van der Waals surface area (Å²) in [5, 5.41) is 24.7. The second-order valence-electron chi connectivity index (χ2n) is 19.3. The number of alkyl halides is 2. The molecule has 9 aromatic heterocycles. The zero-order valence-corrected chi connectivity index (χ0v) is 55.5. The van der Waals surface area contributed by atoms with E-state index in [1.54, 1.807) is 42.8 Å². The highest BCUT2D eigenvalue weighted by atomic mass is 35.5. The van der Waals surface area contributed by atoms with Crippen molar-refractivity contribution in [2.75, 3.05) is 7.11 Å². The van der Waals surface area contributed by atoms with Crippen molar-refractivity contribution in [3.05, 3.63) is 161 Å². The number of rotatable bonds is 3. The summed E-state index contributed by atoms with van der Waals surface area (Å²) in [6.07, 6.45) is 8.98. The van der Waals surface area contributed by atoms with Crippen molar-refractivity contribution in [3.8, 4) is 5.88 Å². The number of halogens is 5. The number of methoxy groups -OCH3 is 1. The third-order valence-electron chi connectivity index (χ3n) is 13.8. The number of hydrogen-bond acceptors (Lipinski definition) is 10. The molecule has 23 heteroatoms. The predicted molar refractivity (Wildman–Crippen MR) is 325 cm³/mol. The second-order valence-corrected chi connectivity index (χ2v) is 20.1. The normalized spacial score (nSPS) is 9.98. The van der Waals surface area contributed by atoms with Crippen LogP contribution in [0.1, 0.15) is 127 Å². The molecule has 0 fully saturated rings. The quantitative estimate of drug-likeness (QED) is 0.168. The van der Waals surface area contributed by atoms with Crippen molar-refractivity contribution in [1.29, 1.82) is 0 Å². The summed E-state index contributed by atoms with van der Waals surface area (Å²) in [5.41, 5.74) is 19.2. The van der Waals surface area contributed by atoms with Gasteiger partial charge in [0.2, 0.25) is 5.69 Å². The monoisotopic (exact) mass is 1190 g/mol. The average molecular weight is 1190 g/mol. The van der Waals surface area contributed by atoms with Gasteiger partial charge < -0.3 is 13.8 Å². The minimum atomic E-state index is -2.42. The molecule has 0 radical (unpaired) electrons. The van der Waals surface area contributed by atoms with E-state index in [4.69, 9.17) is 32.5 Å². The molecule has 0 amide bonds. The molecule has 0 aliphatic rings. The molecule has 0 bridgehead atoms. The van der Waals surface area contributed by atoms with Gasteiger partial charge in [-0.2, -0.15) is 29.2 Å². The Bertz CT molecular complexity index is 3100. The van der Waals surface area contributed by atoms with E-state index in [9.17, 15) is 8.78 Å². The largest absolute Gasteiger partial charge is 0.479 e. The lowest BCUT2D eigenvalue weighted by molar-refractivity contribution is -0.732. The fraction of sp³-hybridized carbons (Fsp3) is 0.500. The zero-order valence-electron chi connectivity index (χ0n) is 53.2. The van der Waals surface area contributed by atoms with E-state index in [2.05, 4.69) is 93.2 Å². The summed E-state index contributed by atoms with van der Waals surface area (Å²) in [4.78, 5) is 11.8. The minimum Gasteiger partial charge on any atom is -0.479 e. The van der Waals surface area contributed by atoms with Gasteiger partial charge in [0.1, 0.15) is 22.9 Å². The van der Waals surface area contributed by atoms with Gasteiger partial charge in [0, 0.05) is 100 Å². The Balaban J connectivity index is 0.000000890. The highest BCUT2D eigenvalue weighted by Crippen LogP contribution is 2.26. The molecule has 9 aromatic rings. The molecule has 0 aliphatic heterocycles. The molecule has 18 nitrogen and oxygen atoms in total. The third-order valence-corrected chi connectivity index (χ3v) is 14.8. The number of nitrogens with zero attached hydrogens (tertiary/aromatic N) is 15. The molecule has 0 aliphatic carbocycles. The number of imidazole rings is 1. The van der Waals surface area contributed by atoms with E-state index < -0.39 is 6.55 Å². The molecule has 0 aromatic carbocycles. The summed E-state index contributed by atoms with van der Waals surface area (Å²) in [6.45, 7) is 39.9. The van der Waals surface area contributed by atoms with Gasteiger partial charge >= 0.3 is 6.55 Å². The van der Waals surface area contributed by atoms with Crippen molar-refractivity contribution in [1.82, 2.24) is 73.5 Å². The molecule has 9 rings (SSSR count). The number of aromatic amines is 1. The maximum atomic E-state index is 12.4. The van der Waals surface area contributed by atoms with Gasteiger partial charge in [-0.05, 0) is 166 Å². The zero-order chi connectivity index (χ0) is 61.6. The number of ether oxygens (including phenoxy) is 1. The molecular formula is C58H92Cl3F2N16O2+. The Morgan fingerprint density at radius 2 is 1.16 bits per heavy atom. The molecular weight excluding hydrogens is 1100 g/mol. The summed E-state index contributed by atoms with van der Waals surface area (Å²) in [7, 11) is 11.2. The number of aromatic nitrogens is 16. The van der Waals surface area contributed by atoms with Crippen LogP contribution in [0.4, 0.5) is 8.78 Å². The Kier molecular flexibility index (Phi) is 32.4. The lowest BCUT2D eigenvalue weighted by Gasteiger charge is -2.06. The maximum Gasteiger partial charge on any atom is 0.318 e. The van der Waals surface area contributed by atoms with Crippen LogP contribution in [0.15, 0.2) is 41.7 Å². The first kappa shape index (κ1) is 74.4. The molecule has 1 N–H and O–H groups in total. The summed E-state index contributed by atoms with van der Waals surface area (Å²) < 4.78 is 47.0. The number of nitrogens with one attached hydrogen (secondary N) is 1. The third kappa shape index (κ3) is 22.7. The van der Waals surface area contributed by atoms with E-state index in [0.29, 0.717) is 22.3 Å². The van der Waals surface area contributed by atoms with Gasteiger partial charge in [-0.1, -0.05) is 28.4 Å². The van der Waals surface area contributed by atoms with Crippen molar-refractivity contribution < 1.29 is 22.7 Å². The first-order valence-corrected chi connectivity index (χ1v) is 26.8. The summed E-state index contributed by atoms with van der Waals surface area (Å²) >= 11 is 11.6. The van der Waals surface area contributed by atoms with Crippen LogP contribution in [-0.4, -0.2) is 80.6 Å². The van der Waals surface area contributed by atoms with Crippen LogP contribution >= 0.6 is 35.6 Å². The topological polar surface area (TPSA) is 175 Å². The lowest BCUT2D eigenvalue weighted by atomic mass is 10.2. The van der Waals surface area contributed by atoms with Gasteiger partial charge in [-0.15, -0.1) is 22.2 Å². The fourth-order valence-corrected chi connectivity index (χ4v) is 7.24. The average Bonchev–Trinajstić information content (AvgIpc) is 4.28. The second kappa shape index (κ2) is 35.3. The highest BCUT2D eigenvalue weighted by Gasteiger charge is 2.17. The van der Waals surface area contributed by atoms with E-state index >= 15 is 0 Å². The standard InChI is InChI=1S/C9H13F2N.2C7H12N2.C6H9ClN2O.C6H9ClN2.C6H10N2.C6H8N2.C6H9NO.C5H8N2.ClH/c1-5-6(2)8(4)12(7(5)3)9(10)11;1-5-6(2)8-9(4)7(5)3;1-4-9-7(3)6(2)5-8-9;1-4-5(7)6(10-3)8-9(4)2;1-4-6(7)5(2)9(3)8-4;1-5-4-6(2)8(3)7-5;1-5-3-7-4-8-6(5)2;1-4-5(2)7-8-6(4)3;1-5-6-3-4-7(5)2;/h9H,1-4H3;1-4H3;5H,4H2,1-3H3;1-3H3;1-3H3;4H,1-3H3;3-4H,1-2H3;1-3H3;3-4H,1-2H3;1H/p+1. The van der Waals surface area contributed by atoms with Crippen LogP contribution in [0.3, 0.4) is 0 Å². The van der Waals surface area contributed by atoms with Crippen LogP contribution in [0.5, 0.6) is 5.88 Å². The van der Waals surface area contributed by atoms with Crippen LogP contribution in [-0.2, 0) is 41.8 Å². The first-order valence-electron chi connectivity index (χ1n) is 26.0. The predicted octanol–water partition coefficient (Wildman–Crippen LogP) is 13.4. The Morgan fingerprint density at radius 1 is 0.630 bits per heavy atom. The number of H-pyrrole nitrogens is 1. The van der Waals surface area contributed by atoms with Gasteiger partial charge in [-0.25, -0.2) is 15.0 Å². The van der Waals surface area contributed by atoms with Gasteiger partial charge in [0.25, 0.3) is 5.88 Å². The molecule has 9 heterocycles. The van der Waals surface area contributed by atoms with Gasteiger partial charge in [0.05, 0.1) is 52.5 Å². The maximum absolute atomic E-state index is 12.4. The Morgan fingerprint density at radius 3 is 1.33 bits per heavy atom. The SMILES string of the molecule is CCn1ncc(C)c1C.COc1nn(C)c(C)c1Cl.Cc1c(C)c(C)n(C(F)F)c1C.Cc1cc(C)[n+](C)[nH]1.Cc1cncnc1C.Cc1nccn1C.Cc1nn(C)c(C)c1C.Cc1nn(C)c(C)c1Cl.Cc1noc(C)c1C.Cl. The van der Waals surface area contributed by atoms with E-state index in [-0.39, 0.29) is 12.4 Å². The smallest absolute Gasteiger partial charge is 0.318 e. The molecule has 0 saturated heterocycles. The highest BCUT2D eigenvalue weighted by molar-refractivity contribution is 6.32. The van der Waals surface area contributed by atoms with Crippen molar-refractivity contribution in [3.63, 3.8) is 0 Å². The fourth-order valence-electron chi connectivity index (χ4n) is 6.84. The van der Waals surface area contributed by atoms with Crippen LogP contribution in [0.2, 0.25) is 10.0 Å². The van der Waals surface area contributed by atoms with E-state index in [1.165, 1.54) is 33.9 Å². The first-order chi connectivity index (χ1) is 37.2. The van der Waals surface area contributed by atoms with Crippen LogP contribution in [0.25, 0.3) is 0 Å². The molecule has 0 saturated carbocycles. The summed E-state index contributed by atoms with van der Waals surface area (Å²) in [6, 6.07) is 2.11. The van der Waals surface area contributed by atoms with Crippen LogP contribution < -0.4 is 9.42 Å².